The Kier molecular flexibility index (Phi) is 7.45. The number of rotatable bonds is 7. The fourth-order valence-corrected chi connectivity index (χ4v) is 3.12. The van der Waals surface area contributed by atoms with Gasteiger partial charge in [-0.3, -0.25) is 9.59 Å². The van der Waals surface area contributed by atoms with E-state index >= 15 is 0 Å². The van der Waals surface area contributed by atoms with E-state index in [0.717, 1.165) is 24.2 Å². The van der Waals surface area contributed by atoms with Crippen LogP contribution in [0, 0.1) is 0 Å². The van der Waals surface area contributed by atoms with Crippen LogP contribution in [0.5, 0.6) is 5.75 Å². The molecule has 1 N–H and O–H groups in total. The molecule has 1 fully saturated rings. The molecule has 26 heavy (non-hydrogen) atoms. The predicted octanol–water partition coefficient (Wildman–Crippen LogP) is 2.33. The topological polar surface area (TPSA) is 67.9 Å². The van der Waals surface area contributed by atoms with Gasteiger partial charge in [0.2, 0.25) is 5.91 Å². The van der Waals surface area contributed by atoms with E-state index in [0.29, 0.717) is 19.0 Å². The molecule has 0 aromatic heterocycles. The lowest BCUT2D eigenvalue weighted by molar-refractivity contribution is -0.136. The third-order valence-corrected chi connectivity index (χ3v) is 4.68. The molecule has 6 heteroatoms. The molecule has 2 amide bonds. The molecule has 1 saturated heterocycles. The van der Waals surface area contributed by atoms with Crippen LogP contribution in [0.15, 0.2) is 24.3 Å². The standard InChI is InChI=1S/C20H30N2O4/c1-14(2)17-7-5-6-8-18(17)26-15(3)20(24)21-16-9-11-22(12-10-16)19(23)13-25-4/h5-8,14-16H,9-13H2,1-4H3,(H,21,24). The summed E-state index contributed by atoms with van der Waals surface area (Å²) in [4.78, 5) is 26.1. The molecule has 0 saturated carbocycles. The highest BCUT2D eigenvalue weighted by molar-refractivity contribution is 5.81. The summed E-state index contributed by atoms with van der Waals surface area (Å²) in [6.07, 6.45) is 0.926. The lowest BCUT2D eigenvalue weighted by Gasteiger charge is -2.32. The maximum atomic E-state index is 12.5. The SMILES string of the molecule is COCC(=O)N1CCC(NC(=O)C(C)Oc2ccccc2C(C)C)CC1. The van der Waals surface area contributed by atoms with Crippen molar-refractivity contribution in [2.24, 2.45) is 0 Å². The molecule has 1 aromatic rings. The monoisotopic (exact) mass is 362 g/mol. The van der Waals surface area contributed by atoms with E-state index in [1.807, 2.05) is 24.3 Å². The van der Waals surface area contributed by atoms with Gasteiger partial charge in [-0.15, -0.1) is 0 Å². The molecular formula is C20H30N2O4. The van der Waals surface area contributed by atoms with Crippen molar-refractivity contribution < 1.29 is 19.1 Å². The predicted molar refractivity (Wildman–Crippen MR) is 100 cm³/mol. The smallest absolute Gasteiger partial charge is 0.260 e. The van der Waals surface area contributed by atoms with Crippen LogP contribution in [0.1, 0.15) is 45.1 Å². The first kappa shape index (κ1) is 20.2. The summed E-state index contributed by atoms with van der Waals surface area (Å²) < 4.78 is 10.8. The lowest BCUT2D eigenvalue weighted by Crippen LogP contribution is -2.49. The number of carbonyl (C=O) groups is 2. The van der Waals surface area contributed by atoms with Crippen LogP contribution in [0.3, 0.4) is 0 Å². The number of methoxy groups -OCH3 is 1. The number of nitrogens with one attached hydrogen (secondary N) is 1. The van der Waals surface area contributed by atoms with Crippen molar-refractivity contribution in [3.05, 3.63) is 29.8 Å². The number of carbonyl (C=O) groups excluding carboxylic acids is 2. The van der Waals surface area contributed by atoms with Gasteiger partial charge < -0.3 is 19.7 Å². The maximum absolute atomic E-state index is 12.5. The highest BCUT2D eigenvalue weighted by atomic mass is 16.5. The second-order valence-corrected chi connectivity index (χ2v) is 7.05. The number of hydrogen-bond acceptors (Lipinski definition) is 4. The van der Waals surface area contributed by atoms with E-state index in [2.05, 4.69) is 19.2 Å². The number of benzene rings is 1. The van der Waals surface area contributed by atoms with Crippen LogP contribution in [0.4, 0.5) is 0 Å². The maximum Gasteiger partial charge on any atom is 0.260 e. The molecule has 1 unspecified atom stereocenters. The minimum atomic E-state index is -0.567. The van der Waals surface area contributed by atoms with Crippen molar-refractivity contribution in [1.82, 2.24) is 10.2 Å². The van der Waals surface area contributed by atoms with Gasteiger partial charge in [0.05, 0.1) is 0 Å². The van der Waals surface area contributed by atoms with Crippen molar-refractivity contribution in [2.75, 3.05) is 26.8 Å². The van der Waals surface area contributed by atoms with Crippen molar-refractivity contribution in [3.8, 4) is 5.75 Å². The minimum Gasteiger partial charge on any atom is -0.481 e. The Balaban J connectivity index is 1.84. The molecule has 1 aliphatic rings. The summed E-state index contributed by atoms with van der Waals surface area (Å²) in [6.45, 7) is 7.36. The summed E-state index contributed by atoms with van der Waals surface area (Å²) in [7, 11) is 1.52. The Hall–Kier alpha value is -2.08. The number of piperidine rings is 1. The largest absolute Gasteiger partial charge is 0.481 e. The molecule has 0 spiro atoms. The Bertz CT molecular complexity index is 610. The van der Waals surface area contributed by atoms with Crippen LogP contribution < -0.4 is 10.1 Å². The quantitative estimate of drug-likeness (QED) is 0.808. The molecule has 1 atom stereocenters. The molecule has 0 bridgehead atoms. The minimum absolute atomic E-state index is 0.000676. The molecule has 1 aromatic carbocycles. The third kappa shape index (κ3) is 5.46. The molecule has 144 valence electrons. The summed E-state index contributed by atoms with van der Waals surface area (Å²) in [5.41, 5.74) is 1.09. The first-order valence-electron chi connectivity index (χ1n) is 9.25. The zero-order chi connectivity index (χ0) is 19.1. The summed E-state index contributed by atoms with van der Waals surface area (Å²) in [6, 6.07) is 7.89. The zero-order valence-electron chi connectivity index (χ0n) is 16.2. The summed E-state index contributed by atoms with van der Waals surface area (Å²) in [5, 5.41) is 3.05. The summed E-state index contributed by atoms with van der Waals surface area (Å²) in [5.74, 6) is 0.963. The number of hydrogen-bond donors (Lipinski definition) is 1. The zero-order valence-corrected chi connectivity index (χ0v) is 16.2. The Labute approximate surface area is 155 Å². The highest BCUT2D eigenvalue weighted by Crippen LogP contribution is 2.26. The average Bonchev–Trinajstić information content (AvgIpc) is 2.62. The van der Waals surface area contributed by atoms with Gasteiger partial charge in [0.1, 0.15) is 12.4 Å². The van der Waals surface area contributed by atoms with E-state index < -0.39 is 6.10 Å². The average molecular weight is 362 g/mol. The van der Waals surface area contributed by atoms with Gasteiger partial charge in [-0.05, 0) is 37.3 Å². The van der Waals surface area contributed by atoms with E-state index in [1.54, 1.807) is 11.8 Å². The van der Waals surface area contributed by atoms with Gasteiger partial charge >= 0.3 is 0 Å². The van der Waals surface area contributed by atoms with Gasteiger partial charge in [-0.25, -0.2) is 0 Å². The van der Waals surface area contributed by atoms with E-state index in [-0.39, 0.29) is 24.5 Å². The van der Waals surface area contributed by atoms with Crippen molar-refractivity contribution >= 4 is 11.8 Å². The first-order chi connectivity index (χ1) is 12.4. The normalized spacial score (nSPS) is 16.4. The highest BCUT2D eigenvalue weighted by Gasteiger charge is 2.26. The number of likely N-dealkylation sites (tertiary alicyclic amines) is 1. The van der Waals surface area contributed by atoms with Crippen LogP contribution in [-0.2, 0) is 14.3 Å². The van der Waals surface area contributed by atoms with Gasteiger partial charge in [-0.2, -0.15) is 0 Å². The number of para-hydroxylation sites is 1. The number of amides is 2. The molecule has 0 radical (unpaired) electrons. The molecular weight excluding hydrogens is 332 g/mol. The van der Waals surface area contributed by atoms with Gasteiger partial charge in [0, 0.05) is 26.2 Å². The van der Waals surface area contributed by atoms with Crippen LogP contribution in [0.2, 0.25) is 0 Å². The van der Waals surface area contributed by atoms with E-state index in [1.165, 1.54) is 7.11 Å². The van der Waals surface area contributed by atoms with Crippen LogP contribution in [-0.4, -0.2) is 55.7 Å². The second kappa shape index (κ2) is 9.57. The molecule has 6 nitrogen and oxygen atoms in total. The fourth-order valence-electron chi connectivity index (χ4n) is 3.12. The molecule has 1 heterocycles. The van der Waals surface area contributed by atoms with Gasteiger partial charge in [-0.1, -0.05) is 32.0 Å². The summed E-state index contributed by atoms with van der Waals surface area (Å²) >= 11 is 0. The van der Waals surface area contributed by atoms with Gasteiger partial charge in [0.15, 0.2) is 6.10 Å². The fraction of sp³-hybridized carbons (Fsp3) is 0.600. The van der Waals surface area contributed by atoms with Crippen molar-refractivity contribution in [2.45, 2.75) is 51.7 Å². The van der Waals surface area contributed by atoms with Gasteiger partial charge in [0.25, 0.3) is 5.91 Å². The second-order valence-electron chi connectivity index (χ2n) is 7.05. The van der Waals surface area contributed by atoms with E-state index in [4.69, 9.17) is 9.47 Å². The van der Waals surface area contributed by atoms with E-state index in [9.17, 15) is 9.59 Å². The Morgan fingerprint density at radius 1 is 1.19 bits per heavy atom. The lowest BCUT2D eigenvalue weighted by atomic mass is 10.0. The Morgan fingerprint density at radius 2 is 1.85 bits per heavy atom. The third-order valence-electron chi connectivity index (χ3n) is 4.68. The number of ether oxygens (including phenoxy) is 2. The van der Waals surface area contributed by atoms with Crippen LogP contribution in [0.25, 0.3) is 0 Å². The van der Waals surface area contributed by atoms with Crippen molar-refractivity contribution in [1.29, 1.82) is 0 Å². The van der Waals surface area contributed by atoms with Crippen molar-refractivity contribution in [3.63, 3.8) is 0 Å². The first-order valence-corrected chi connectivity index (χ1v) is 9.25. The molecule has 0 aliphatic carbocycles. The molecule has 1 aliphatic heterocycles. The van der Waals surface area contributed by atoms with Crippen LogP contribution >= 0.6 is 0 Å². The number of nitrogens with zero attached hydrogens (tertiary/aromatic N) is 1. The Morgan fingerprint density at radius 3 is 2.46 bits per heavy atom. The molecule has 2 rings (SSSR count).